The summed E-state index contributed by atoms with van der Waals surface area (Å²) in [6, 6.07) is 8.55. The highest BCUT2D eigenvalue weighted by Crippen LogP contribution is 2.38. The molecule has 3 aromatic heterocycles. The number of fused-ring (bicyclic) bond motifs is 2. The van der Waals surface area contributed by atoms with Gasteiger partial charge in [-0.15, -0.1) is 11.3 Å². The number of anilines is 1. The van der Waals surface area contributed by atoms with Crippen LogP contribution in [0.5, 0.6) is 5.75 Å². The minimum Gasteiger partial charge on any atom is -0.496 e. The number of carbonyl (C=O) groups is 1. The van der Waals surface area contributed by atoms with E-state index in [1.54, 1.807) is 34.7 Å². The van der Waals surface area contributed by atoms with Gasteiger partial charge in [0.05, 0.1) is 28.8 Å². The highest BCUT2D eigenvalue weighted by Gasteiger charge is 2.43. The number of nitrogens with zero attached hydrogens (tertiary/aromatic N) is 4. The van der Waals surface area contributed by atoms with Crippen molar-refractivity contribution in [3.8, 4) is 17.0 Å². The lowest BCUT2D eigenvalue weighted by molar-refractivity contribution is -0.117. The minimum absolute atomic E-state index is 0.228. The Labute approximate surface area is 207 Å². The summed E-state index contributed by atoms with van der Waals surface area (Å²) in [5, 5.41) is 8.38. The lowest BCUT2D eigenvalue weighted by Crippen LogP contribution is -2.22. The molecule has 5 rings (SSSR count). The maximum atomic E-state index is 13.3. The Balaban J connectivity index is 1.53. The summed E-state index contributed by atoms with van der Waals surface area (Å²) in [7, 11) is 0.387. The molecule has 0 bridgehead atoms. The largest absolute Gasteiger partial charge is 0.496 e. The van der Waals surface area contributed by atoms with E-state index in [1.807, 2.05) is 18.2 Å². The number of hydrogen-bond acceptors (Lipinski definition) is 7. The van der Waals surface area contributed by atoms with Crippen molar-refractivity contribution < 1.29 is 18.7 Å². The number of nitrogens with one attached hydrogen (secondary N) is 1. The van der Waals surface area contributed by atoms with E-state index in [0.717, 1.165) is 27.2 Å². The minimum atomic E-state index is -1.24. The second-order valence-corrected chi connectivity index (χ2v) is 16.5. The molecule has 2 atom stereocenters. The van der Waals surface area contributed by atoms with Gasteiger partial charge in [0.25, 0.3) is 0 Å². The zero-order valence-electron chi connectivity index (χ0n) is 20.2. The van der Waals surface area contributed by atoms with Gasteiger partial charge in [0.15, 0.2) is 5.65 Å². The average molecular weight is 514 g/mol. The predicted molar refractivity (Wildman–Crippen MR) is 138 cm³/mol. The number of aromatic nitrogens is 4. The smallest absolute Gasteiger partial charge is 0.231 e. The quantitative estimate of drug-likeness (QED) is 0.240. The molecule has 4 aromatic rings. The van der Waals surface area contributed by atoms with Crippen LogP contribution in [0.25, 0.3) is 32.5 Å². The van der Waals surface area contributed by atoms with Crippen molar-refractivity contribution in [2.75, 3.05) is 19.0 Å². The Morgan fingerprint density at radius 3 is 2.83 bits per heavy atom. The molecule has 184 valence electrons. The zero-order chi connectivity index (χ0) is 24.7. The van der Waals surface area contributed by atoms with E-state index < -0.39 is 20.2 Å². The number of rotatable bonds is 9. The number of amides is 1. The Hall–Kier alpha value is -2.89. The van der Waals surface area contributed by atoms with Crippen LogP contribution < -0.4 is 10.1 Å². The standard InChI is InChI=1S/C24H28FN5O3SSi/c1-32-19-11-18-20(34-12-26-18)10-16(19)22-14-5-6-21(28-24(31)15-9-17(15)25)27-23(14)30(29-22)13-33-7-8-35(2,3)4/h5-6,10-12,15,17H,7-9,13H2,1-4H3,(H,27,28,31)/t15-,17+/m1/s1. The van der Waals surface area contributed by atoms with Crippen LogP contribution in [0.2, 0.25) is 25.7 Å². The Morgan fingerprint density at radius 1 is 1.31 bits per heavy atom. The van der Waals surface area contributed by atoms with Gasteiger partial charge in [-0.25, -0.2) is 19.0 Å². The average Bonchev–Trinajstić information content (AvgIpc) is 3.22. The topological polar surface area (TPSA) is 91.2 Å². The van der Waals surface area contributed by atoms with Gasteiger partial charge in [-0.05, 0) is 30.7 Å². The van der Waals surface area contributed by atoms with Crippen LogP contribution in [-0.2, 0) is 16.3 Å². The number of methoxy groups -OCH3 is 1. The number of halogens is 1. The predicted octanol–water partition coefficient (Wildman–Crippen LogP) is 5.33. The summed E-state index contributed by atoms with van der Waals surface area (Å²) >= 11 is 1.55. The van der Waals surface area contributed by atoms with Gasteiger partial charge in [-0.3, -0.25) is 4.79 Å². The van der Waals surface area contributed by atoms with Crippen LogP contribution in [0.15, 0.2) is 29.8 Å². The van der Waals surface area contributed by atoms with Gasteiger partial charge < -0.3 is 14.8 Å². The maximum Gasteiger partial charge on any atom is 0.231 e. The van der Waals surface area contributed by atoms with Crippen molar-refractivity contribution in [3.05, 3.63) is 29.8 Å². The number of hydrogen-bond donors (Lipinski definition) is 1. The van der Waals surface area contributed by atoms with Crippen molar-refractivity contribution in [2.24, 2.45) is 5.92 Å². The normalized spacial score (nSPS) is 17.7. The molecule has 0 spiro atoms. The molecule has 1 aliphatic carbocycles. The maximum absolute atomic E-state index is 13.3. The highest BCUT2D eigenvalue weighted by molar-refractivity contribution is 7.16. The second-order valence-electron chi connectivity index (χ2n) is 9.98. The summed E-state index contributed by atoms with van der Waals surface area (Å²) < 4.78 is 27.7. The molecule has 1 fully saturated rings. The molecule has 0 unspecified atom stereocenters. The summed E-state index contributed by atoms with van der Waals surface area (Å²) in [5.74, 6) is 0.0866. The fourth-order valence-electron chi connectivity index (χ4n) is 3.83. The fraction of sp³-hybridized carbons (Fsp3) is 0.417. The van der Waals surface area contributed by atoms with Crippen molar-refractivity contribution in [1.82, 2.24) is 19.7 Å². The van der Waals surface area contributed by atoms with Crippen LogP contribution in [0, 0.1) is 5.92 Å². The molecule has 0 aliphatic heterocycles. The SMILES string of the molecule is COc1cc2ncsc2cc1-c1nn(COCC[Si](C)(C)C)c2nc(NC(=O)[C@@H]3C[C@@H]3F)ccc12. The third-order valence-corrected chi connectivity index (χ3v) is 8.51. The molecular weight excluding hydrogens is 485 g/mol. The first-order valence-electron chi connectivity index (χ1n) is 11.6. The molecule has 8 nitrogen and oxygen atoms in total. The summed E-state index contributed by atoms with van der Waals surface area (Å²) in [4.78, 5) is 21.3. The van der Waals surface area contributed by atoms with Crippen molar-refractivity contribution in [1.29, 1.82) is 0 Å². The number of alkyl halides is 1. The molecule has 0 saturated heterocycles. The Morgan fingerprint density at radius 2 is 2.11 bits per heavy atom. The fourth-order valence-corrected chi connectivity index (χ4v) is 5.29. The lowest BCUT2D eigenvalue weighted by atomic mass is 10.1. The second kappa shape index (κ2) is 9.28. The number of benzene rings is 1. The Bertz CT molecular complexity index is 1400. The van der Waals surface area contributed by atoms with Gasteiger partial charge in [0, 0.05) is 31.7 Å². The summed E-state index contributed by atoms with van der Waals surface area (Å²) in [6.07, 6.45) is -0.800. The molecule has 1 amide bonds. The molecular formula is C24H28FN5O3SSi. The highest BCUT2D eigenvalue weighted by atomic mass is 32.1. The number of ether oxygens (including phenoxy) is 2. The first-order valence-corrected chi connectivity index (χ1v) is 16.1. The van der Waals surface area contributed by atoms with Crippen LogP contribution in [0.3, 0.4) is 0 Å². The number of pyridine rings is 1. The molecule has 1 N–H and O–H groups in total. The first kappa shape index (κ1) is 23.8. The summed E-state index contributed by atoms with van der Waals surface area (Å²) in [5.41, 5.74) is 4.77. The number of thiazole rings is 1. The van der Waals surface area contributed by atoms with Crippen molar-refractivity contribution >= 4 is 52.4 Å². The van der Waals surface area contributed by atoms with Gasteiger partial charge in [-0.1, -0.05) is 19.6 Å². The van der Waals surface area contributed by atoms with Crippen LogP contribution in [0.4, 0.5) is 10.2 Å². The third kappa shape index (κ3) is 5.07. The number of carbonyl (C=O) groups excluding carboxylic acids is 1. The van der Waals surface area contributed by atoms with E-state index in [-0.39, 0.29) is 19.1 Å². The molecule has 35 heavy (non-hydrogen) atoms. The van der Waals surface area contributed by atoms with E-state index in [1.165, 1.54) is 0 Å². The van der Waals surface area contributed by atoms with Crippen molar-refractivity contribution in [2.45, 2.75) is 45.0 Å². The van der Waals surface area contributed by atoms with Gasteiger partial charge in [0.1, 0.15) is 30.2 Å². The van der Waals surface area contributed by atoms with E-state index in [9.17, 15) is 9.18 Å². The molecule has 1 aromatic carbocycles. The Kier molecular flexibility index (Phi) is 6.32. The van der Waals surface area contributed by atoms with Crippen LogP contribution in [0.1, 0.15) is 6.42 Å². The monoisotopic (exact) mass is 513 g/mol. The lowest BCUT2D eigenvalue weighted by Gasteiger charge is -2.15. The molecule has 0 radical (unpaired) electrons. The van der Waals surface area contributed by atoms with Crippen LogP contribution >= 0.6 is 11.3 Å². The third-order valence-electron chi connectivity index (χ3n) is 6.01. The van der Waals surface area contributed by atoms with Gasteiger partial charge in [0.2, 0.25) is 5.91 Å². The molecule has 3 heterocycles. The van der Waals surface area contributed by atoms with E-state index in [4.69, 9.17) is 14.6 Å². The van der Waals surface area contributed by atoms with Crippen LogP contribution in [-0.4, -0.2) is 53.6 Å². The zero-order valence-corrected chi connectivity index (χ0v) is 22.0. The van der Waals surface area contributed by atoms with Gasteiger partial charge >= 0.3 is 0 Å². The van der Waals surface area contributed by atoms with E-state index in [2.05, 4.69) is 34.9 Å². The van der Waals surface area contributed by atoms with Crippen molar-refractivity contribution in [3.63, 3.8) is 0 Å². The molecule has 1 saturated carbocycles. The summed E-state index contributed by atoms with van der Waals surface area (Å²) in [6.45, 7) is 7.78. The first-order chi connectivity index (χ1) is 16.7. The van der Waals surface area contributed by atoms with Gasteiger partial charge in [-0.2, -0.15) is 5.10 Å². The van der Waals surface area contributed by atoms with E-state index >= 15 is 0 Å². The molecule has 1 aliphatic rings. The van der Waals surface area contributed by atoms with E-state index in [0.29, 0.717) is 29.5 Å². The molecule has 11 heteroatoms.